The van der Waals surface area contributed by atoms with Gasteiger partial charge in [0.2, 0.25) is 0 Å². The predicted molar refractivity (Wildman–Crippen MR) is 87.6 cm³/mol. The second-order valence-electron chi connectivity index (χ2n) is 5.11. The summed E-state index contributed by atoms with van der Waals surface area (Å²) in [6, 6.07) is 11.6. The molecule has 0 bridgehead atoms. The van der Waals surface area contributed by atoms with E-state index in [1.54, 1.807) is 14.2 Å². The normalized spacial score (nSPS) is 16.4. The summed E-state index contributed by atoms with van der Waals surface area (Å²) in [7, 11) is 3.26. The number of benzene rings is 2. The summed E-state index contributed by atoms with van der Waals surface area (Å²) >= 11 is 6.35. The molecule has 2 aromatic rings. The third-order valence-corrected chi connectivity index (χ3v) is 4.07. The zero-order chi connectivity index (χ0) is 15.7. The van der Waals surface area contributed by atoms with Crippen LogP contribution in [-0.2, 0) is 4.74 Å². The molecule has 0 saturated heterocycles. The lowest BCUT2D eigenvalue weighted by Crippen LogP contribution is -2.12. The van der Waals surface area contributed by atoms with Crippen LogP contribution in [0, 0.1) is 0 Å². The molecule has 0 amide bonds. The standard InChI is InChI=1S/C18H17ClO3/c1-11-8-12-9-16(20-2)17(21-3)10-14(12)18(22-11)13-6-4-5-7-15(13)19/h4-10,18H,1-3H3. The van der Waals surface area contributed by atoms with Gasteiger partial charge in [-0.3, -0.25) is 0 Å². The molecule has 4 heteroatoms. The van der Waals surface area contributed by atoms with E-state index in [-0.39, 0.29) is 6.10 Å². The Bertz CT molecular complexity index is 737. The average molecular weight is 317 g/mol. The molecule has 114 valence electrons. The minimum atomic E-state index is -0.256. The van der Waals surface area contributed by atoms with Crippen molar-refractivity contribution in [2.75, 3.05) is 14.2 Å². The minimum Gasteiger partial charge on any atom is -0.493 e. The summed E-state index contributed by atoms with van der Waals surface area (Å²) < 4.78 is 16.8. The van der Waals surface area contributed by atoms with Gasteiger partial charge in [0.05, 0.1) is 20.0 Å². The van der Waals surface area contributed by atoms with E-state index < -0.39 is 0 Å². The Morgan fingerprint density at radius 3 is 2.36 bits per heavy atom. The first-order valence-electron chi connectivity index (χ1n) is 6.99. The summed E-state index contributed by atoms with van der Waals surface area (Å²) in [6.45, 7) is 1.93. The van der Waals surface area contributed by atoms with Crippen molar-refractivity contribution >= 4 is 17.7 Å². The summed E-state index contributed by atoms with van der Waals surface area (Å²) in [6.07, 6.45) is 1.73. The van der Waals surface area contributed by atoms with Gasteiger partial charge in [-0.15, -0.1) is 0 Å². The molecule has 1 aliphatic rings. The van der Waals surface area contributed by atoms with Crippen LogP contribution in [0.1, 0.15) is 29.7 Å². The molecular weight excluding hydrogens is 300 g/mol. The van der Waals surface area contributed by atoms with Crippen molar-refractivity contribution in [1.82, 2.24) is 0 Å². The van der Waals surface area contributed by atoms with Gasteiger partial charge in [-0.05, 0) is 36.8 Å². The van der Waals surface area contributed by atoms with E-state index in [9.17, 15) is 0 Å². The predicted octanol–water partition coefficient (Wildman–Crippen LogP) is 4.84. The Morgan fingerprint density at radius 2 is 1.68 bits per heavy atom. The SMILES string of the molecule is COc1cc2c(cc1OC)C(c1ccccc1Cl)OC(C)=C2. The Morgan fingerprint density at radius 1 is 1.00 bits per heavy atom. The quantitative estimate of drug-likeness (QED) is 0.811. The number of halogens is 1. The van der Waals surface area contributed by atoms with Crippen LogP contribution in [0.3, 0.4) is 0 Å². The Balaban J connectivity index is 2.18. The molecule has 1 unspecified atom stereocenters. The molecule has 2 aromatic carbocycles. The molecule has 0 radical (unpaired) electrons. The number of rotatable bonds is 3. The van der Waals surface area contributed by atoms with E-state index in [4.69, 9.17) is 25.8 Å². The molecule has 0 fully saturated rings. The van der Waals surface area contributed by atoms with Crippen LogP contribution in [0.2, 0.25) is 5.02 Å². The van der Waals surface area contributed by atoms with Crippen molar-refractivity contribution in [1.29, 1.82) is 0 Å². The monoisotopic (exact) mass is 316 g/mol. The Kier molecular flexibility index (Phi) is 3.99. The van der Waals surface area contributed by atoms with Crippen molar-refractivity contribution in [2.24, 2.45) is 0 Å². The highest BCUT2D eigenvalue weighted by atomic mass is 35.5. The van der Waals surface area contributed by atoms with Crippen LogP contribution in [0.15, 0.2) is 42.2 Å². The smallest absolute Gasteiger partial charge is 0.161 e. The molecule has 1 heterocycles. The van der Waals surface area contributed by atoms with Crippen LogP contribution in [-0.4, -0.2) is 14.2 Å². The molecule has 0 spiro atoms. The van der Waals surface area contributed by atoms with Gasteiger partial charge < -0.3 is 14.2 Å². The first-order valence-corrected chi connectivity index (χ1v) is 7.37. The van der Waals surface area contributed by atoms with Crippen molar-refractivity contribution in [3.63, 3.8) is 0 Å². The fourth-order valence-electron chi connectivity index (χ4n) is 2.68. The zero-order valence-corrected chi connectivity index (χ0v) is 13.5. The highest BCUT2D eigenvalue weighted by molar-refractivity contribution is 6.31. The number of ether oxygens (including phenoxy) is 3. The lowest BCUT2D eigenvalue weighted by Gasteiger charge is -2.28. The molecule has 0 N–H and O–H groups in total. The van der Waals surface area contributed by atoms with E-state index in [0.29, 0.717) is 16.5 Å². The van der Waals surface area contributed by atoms with Crippen LogP contribution >= 0.6 is 11.6 Å². The first kappa shape index (κ1) is 14.8. The second-order valence-corrected chi connectivity index (χ2v) is 5.52. The van der Waals surface area contributed by atoms with Crippen LogP contribution < -0.4 is 9.47 Å². The first-order chi connectivity index (χ1) is 10.6. The van der Waals surface area contributed by atoms with Crippen LogP contribution in [0.5, 0.6) is 11.5 Å². The second kappa shape index (κ2) is 5.93. The molecule has 1 atom stereocenters. The van der Waals surface area contributed by atoms with Gasteiger partial charge in [0.15, 0.2) is 17.6 Å². The number of hydrogen-bond acceptors (Lipinski definition) is 3. The third-order valence-electron chi connectivity index (χ3n) is 3.72. The van der Waals surface area contributed by atoms with E-state index in [1.807, 2.05) is 49.4 Å². The van der Waals surface area contributed by atoms with Crippen molar-refractivity contribution < 1.29 is 14.2 Å². The zero-order valence-electron chi connectivity index (χ0n) is 12.7. The highest BCUT2D eigenvalue weighted by Gasteiger charge is 2.26. The van der Waals surface area contributed by atoms with Gasteiger partial charge in [0, 0.05) is 16.1 Å². The van der Waals surface area contributed by atoms with Gasteiger partial charge in [0.1, 0.15) is 0 Å². The highest BCUT2D eigenvalue weighted by Crippen LogP contribution is 2.42. The van der Waals surface area contributed by atoms with Gasteiger partial charge in [-0.1, -0.05) is 29.8 Å². The molecule has 3 rings (SSSR count). The molecular formula is C18H17ClO3. The molecule has 3 nitrogen and oxygen atoms in total. The summed E-state index contributed by atoms with van der Waals surface area (Å²) in [5.74, 6) is 2.21. The summed E-state index contributed by atoms with van der Waals surface area (Å²) in [5, 5.41) is 0.683. The lowest BCUT2D eigenvalue weighted by atomic mass is 9.93. The van der Waals surface area contributed by atoms with Crippen LogP contribution in [0.25, 0.3) is 6.08 Å². The maximum Gasteiger partial charge on any atom is 0.161 e. The van der Waals surface area contributed by atoms with Crippen molar-refractivity contribution in [2.45, 2.75) is 13.0 Å². The molecule has 0 aliphatic carbocycles. The maximum atomic E-state index is 6.35. The van der Waals surface area contributed by atoms with E-state index in [2.05, 4.69) is 0 Å². The van der Waals surface area contributed by atoms with E-state index in [0.717, 1.165) is 22.4 Å². The fraction of sp³-hybridized carbons (Fsp3) is 0.222. The molecule has 0 aromatic heterocycles. The minimum absolute atomic E-state index is 0.256. The largest absolute Gasteiger partial charge is 0.493 e. The van der Waals surface area contributed by atoms with Gasteiger partial charge in [0.25, 0.3) is 0 Å². The Labute approximate surface area is 135 Å². The van der Waals surface area contributed by atoms with Crippen molar-refractivity contribution in [3.8, 4) is 11.5 Å². The molecule has 22 heavy (non-hydrogen) atoms. The average Bonchev–Trinajstić information content (AvgIpc) is 2.53. The maximum absolute atomic E-state index is 6.35. The summed E-state index contributed by atoms with van der Waals surface area (Å²) in [4.78, 5) is 0. The van der Waals surface area contributed by atoms with Gasteiger partial charge in [-0.2, -0.15) is 0 Å². The molecule has 0 saturated carbocycles. The third kappa shape index (κ3) is 2.53. The summed E-state index contributed by atoms with van der Waals surface area (Å²) in [5.41, 5.74) is 2.99. The fourth-order valence-corrected chi connectivity index (χ4v) is 2.92. The topological polar surface area (TPSA) is 27.7 Å². The lowest BCUT2D eigenvalue weighted by molar-refractivity contribution is 0.149. The van der Waals surface area contributed by atoms with Crippen LogP contribution in [0.4, 0.5) is 0 Å². The number of hydrogen-bond donors (Lipinski definition) is 0. The van der Waals surface area contributed by atoms with E-state index >= 15 is 0 Å². The number of allylic oxidation sites excluding steroid dienone is 1. The Hall–Kier alpha value is -2.13. The number of fused-ring (bicyclic) bond motifs is 1. The van der Waals surface area contributed by atoms with Gasteiger partial charge >= 0.3 is 0 Å². The van der Waals surface area contributed by atoms with E-state index in [1.165, 1.54) is 0 Å². The number of methoxy groups -OCH3 is 2. The molecule has 1 aliphatic heterocycles. The van der Waals surface area contributed by atoms with Gasteiger partial charge in [-0.25, -0.2) is 0 Å². The van der Waals surface area contributed by atoms with Crippen molar-refractivity contribution in [3.05, 3.63) is 63.9 Å².